The van der Waals surface area contributed by atoms with Gasteiger partial charge in [0.05, 0.1) is 29.2 Å². The van der Waals surface area contributed by atoms with Crippen molar-refractivity contribution in [3.8, 4) is 11.1 Å². The first-order valence-corrected chi connectivity index (χ1v) is 11.1. The van der Waals surface area contributed by atoms with Crippen LogP contribution in [0.4, 0.5) is 5.69 Å². The Morgan fingerprint density at radius 1 is 1.17 bits per heavy atom. The number of nitrogens with zero attached hydrogens (tertiary/aromatic N) is 3. The summed E-state index contributed by atoms with van der Waals surface area (Å²) in [4.78, 5) is 17.8. The Balaban J connectivity index is 1.50. The van der Waals surface area contributed by atoms with Gasteiger partial charge in [-0.15, -0.1) is 11.3 Å². The van der Waals surface area contributed by atoms with E-state index in [-0.39, 0.29) is 11.9 Å². The van der Waals surface area contributed by atoms with Gasteiger partial charge in [0, 0.05) is 18.2 Å². The molecule has 0 saturated carbocycles. The maximum atomic E-state index is 12.5. The first kappa shape index (κ1) is 20.1. The minimum absolute atomic E-state index is 0.0169. The number of aromatic nitrogens is 3. The molecule has 30 heavy (non-hydrogen) atoms. The molecule has 0 atom stereocenters. The van der Waals surface area contributed by atoms with E-state index in [0.29, 0.717) is 4.88 Å². The number of rotatable bonds is 8. The monoisotopic (exact) mass is 419 g/mol. The Morgan fingerprint density at radius 3 is 2.73 bits per heavy atom. The lowest BCUT2D eigenvalue weighted by molar-refractivity contribution is 0.0939. The average molecular weight is 420 g/mol. The van der Waals surface area contributed by atoms with Gasteiger partial charge in [-0.2, -0.15) is 5.10 Å². The highest BCUT2D eigenvalue weighted by molar-refractivity contribution is 7.12. The molecule has 7 heteroatoms. The highest BCUT2D eigenvalue weighted by Gasteiger charge is 2.16. The van der Waals surface area contributed by atoms with Gasteiger partial charge in [0.15, 0.2) is 5.65 Å². The molecule has 3 heterocycles. The molecule has 3 aromatic heterocycles. The van der Waals surface area contributed by atoms with Crippen molar-refractivity contribution in [3.05, 3.63) is 70.8 Å². The third kappa shape index (κ3) is 4.36. The van der Waals surface area contributed by atoms with Gasteiger partial charge in [-0.25, -0.2) is 9.50 Å². The molecular formula is C23H25N5OS. The first-order valence-electron chi connectivity index (χ1n) is 10.2. The van der Waals surface area contributed by atoms with E-state index in [4.69, 9.17) is 0 Å². The zero-order valence-corrected chi connectivity index (χ0v) is 17.9. The van der Waals surface area contributed by atoms with E-state index >= 15 is 0 Å². The molecule has 154 valence electrons. The molecule has 1 aromatic carbocycles. The van der Waals surface area contributed by atoms with Crippen LogP contribution in [0, 0.1) is 0 Å². The zero-order valence-electron chi connectivity index (χ0n) is 17.1. The lowest BCUT2D eigenvalue weighted by Gasteiger charge is -2.13. The van der Waals surface area contributed by atoms with E-state index in [9.17, 15) is 4.79 Å². The van der Waals surface area contributed by atoms with E-state index in [2.05, 4.69) is 46.7 Å². The van der Waals surface area contributed by atoms with E-state index in [1.165, 1.54) is 16.9 Å². The number of thiophene rings is 1. The van der Waals surface area contributed by atoms with Crippen molar-refractivity contribution in [3.63, 3.8) is 0 Å². The fraction of sp³-hybridized carbons (Fsp3) is 0.261. The summed E-state index contributed by atoms with van der Waals surface area (Å²) in [6, 6.07) is 12.4. The van der Waals surface area contributed by atoms with Crippen LogP contribution in [0.5, 0.6) is 0 Å². The topological polar surface area (TPSA) is 71.3 Å². The molecule has 2 N–H and O–H groups in total. The summed E-state index contributed by atoms with van der Waals surface area (Å²) >= 11 is 1.45. The van der Waals surface area contributed by atoms with Gasteiger partial charge in [-0.3, -0.25) is 4.79 Å². The number of hydrogen-bond donors (Lipinski definition) is 2. The summed E-state index contributed by atoms with van der Waals surface area (Å²) in [5.41, 5.74) is 4.75. The van der Waals surface area contributed by atoms with Crippen LogP contribution in [0.3, 0.4) is 0 Å². The third-order valence-electron chi connectivity index (χ3n) is 5.15. The Hall–Kier alpha value is -3.19. The van der Waals surface area contributed by atoms with Crippen LogP contribution < -0.4 is 10.6 Å². The van der Waals surface area contributed by atoms with Crippen molar-refractivity contribution in [1.29, 1.82) is 0 Å². The molecule has 0 spiro atoms. The highest BCUT2D eigenvalue weighted by atomic mass is 32.1. The van der Waals surface area contributed by atoms with Crippen molar-refractivity contribution >= 4 is 28.6 Å². The molecule has 0 aliphatic heterocycles. The summed E-state index contributed by atoms with van der Waals surface area (Å²) in [5.74, 6) is -0.0169. The van der Waals surface area contributed by atoms with Crippen LogP contribution in [0.15, 0.2) is 60.4 Å². The van der Waals surface area contributed by atoms with Crippen molar-refractivity contribution in [1.82, 2.24) is 19.9 Å². The van der Waals surface area contributed by atoms with Crippen LogP contribution in [-0.2, 0) is 6.54 Å². The number of carbonyl (C=O) groups excluding carboxylic acids is 1. The number of nitrogens with one attached hydrogen (secondary N) is 2. The summed E-state index contributed by atoms with van der Waals surface area (Å²) in [6.07, 6.45) is 7.41. The predicted octanol–water partition coefficient (Wildman–Crippen LogP) is 4.99. The van der Waals surface area contributed by atoms with Crippen LogP contribution in [0.1, 0.15) is 41.9 Å². The SMILES string of the molecule is CCC(CC)NC(=O)c1cc(-c2cnn3cc(NCc4ccccc4)cnc23)cs1. The Kier molecular flexibility index (Phi) is 6.09. The standard InChI is InChI=1S/C23H25N5OS/c1-3-18(4-2)27-23(29)21-10-17(15-30-21)20-13-26-28-14-19(12-25-22(20)28)24-11-16-8-6-5-7-9-16/h5-10,12-15,18,24H,3-4,11H2,1-2H3,(H,27,29). The molecule has 4 aromatic rings. The normalized spacial score (nSPS) is 11.2. The lowest BCUT2D eigenvalue weighted by Crippen LogP contribution is -2.33. The second-order valence-electron chi connectivity index (χ2n) is 7.19. The third-order valence-corrected chi connectivity index (χ3v) is 6.08. The van der Waals surface area contributed by atoms with Crippen LogP contribution in [0.25, 0.3) is 16.8 Å². The zero-order chi connectivity index (χ0) is 20.9. The minimum atomic E-state index is -0.0169. The first-order chi connectivity index (χ1) is 14.7. The second kappa shape index (κ2) is 9.09. The Morgan fingerprint density at radius 2 is 1.97 bits per heavy atom. The maximum absolute atomic E-state index is 12.5. The summed E-state index contributed by atoms with van der Waals surface area (Å²) in [6.45, 7) is 4.89. The van der Waals surface area contributed by atoms with Crippen LogP contribution in [0.2, 0.25) is 0 Å². The molecule has 4 rings (SSSR count). The van der Waals surface area contributed by atoms with Crippen molar-refractivity contribution in [2.45, 2.75) is 39.3 Å². The van der Waals surface area contributed by atoms with E-state index < -0.39 is 0 Å². The number of anilines is 1. The number of fused-ring (bicyclic) bond motifs is 1. The highest BCUT2D eigenvalue weighted by Crippen LogP contribution is 2.29. The molecule has 0 aliphatic carbocycles. The van der Waals surface area contributed by atoms with Crippen molar-refractivity contribution in [2.75, 3.05) is 5.32 Å². The Labute approximate surface area is 180 Å². The lowest BCUT2D eigenvalue weighted by atomic mass is 10.1. The summed E-state index contributed by atoms with van der Waals surface area (Å²) in [5, 5.41) is 12.9. The smallest absolute Gasteiger partial charge is 0.261 e. The quantitative estimate of drug-likeness (QED) is 0.422. The summed E-state index contributed by atoms with van der Waals surface area (Å²) < 4.78 is 1.77. The van der Waals surface area contributed by atoms with Crippen molar-refractivity contribution < 1.29 is 4.79 Å². The predicted molar refractivity (Wildman–Crippen MR) is 122 cm³/mol. The minimum Gasteiger partial charge on any atom is -0.378 e. The van der Waals surface area contributed by atoms with Crippen LogP contribution in [-0.4, -0.2) is 26.5 Å². The summed E-state index contributed by atoms with van der Waals surface area (Å²) in [7, 11) is 0. The van der Waals surface area contributed by atoms with Gasteiger partial charge >= 0.3 is 0 Å². The van der Waals surface area contributed by atoms with Gasteiger partial charge in [-0.1, -0.05) is 44.2 Å². The second-order valence-corrected chi connectivity index (χ2v) is 8.11. The molecule has 0 radical (unpaired) electrons. The molecule has 0 saturated heterocycles. The average Bonchev–Trinajstić information content (AvgIpc) is 3.43. The largest absolute Gasteiger partial charge is 0.378 e. The van der Waals surface area contributed by atoms with Crippen LogP contribution >= 0.6 is 11.3 Å². The number of carbonyl (C=O) groups is 1. The van der Waals surface area contributed by atoms with E-state index in [1.54, 1.807) is 10.7 Å². The van der Waals surface area contributed by atoms with Gasteiger partial charge in [0.2, 0.25) is 0 Å². The fourth-order valence-electron chi connectivity index (χ4n) is 3.32. The molecule has 0 unspecified atom stereocenters. The maximum Gasteiger partial charge on any atom is 0.261 e. The molecule has 1 amide bonds. The molecule has 0 aliphatic rings. The molecular weight excluding hydrogens is 394 g/mol. The van der Waals surface area contributed by atoms with Gasteiger partial charge in [-0.05, 0) is 35.4 Å². The van der Waals surface area contributed by atoms with Gasteiger partial charge in [0.25, 0.3) is 5.91 Å². The molecule has 6 nitrogen and oxygen atoms in total. The van der Waals surface area contributed by atoms with Gasteiger partial charge in [0.1, 0.15) is 0 Å². The molecule has 0 bridgehead atoms. The Bertz CT molecular complexity index is 1130. The fourth-order valence-corrected chi connectivity index (χ4v) is 4.13. The number of benzene rings is 1. The van der Waals surface area contributed by atoms with E-state index in [0.717, 1.165) is 41.8 Å². The number of amides is 1. The molecule has 0 fully saturated rings. The number of hydrogen-bond acceptors (Lipinski definition) is 5. The van der Waals surface area contributed by atoms with Gasteiger partial charge < -0.3 is 10.6 Å². The van der Waals surface area contributed by atoms with E-state index in [1.807, 2.05) is 42.0 Å². The van der Waals surface area contributed by atoms with Crippen molar-refractivity contribution in [2.24, 2.45) is 0 Å².